The maximum absolute atomic E-state index is 12.6. The minimum absolute atomic E-state index is 0.0550. The van der Waals surface area contributed by atoms with E-state index in [0.29, 0.717) is 18.3 Å². The molecule has 3 aromatic rings. The molecule has 2 amide bonds. The molecule has 6 nitrogen and oxygen atoms in total. The van der Waals surface area contributed by atoms with Gasteiger partial charge in [-0.1, -0.05) is 51.4 Å². The van der Waals surface area contributed by atoms with Crippen molar-refractivity contribution in [1.82, 2.24) is 15.0 Å². The predicted octanol–water partition coefficient (Wildman–Crippen LogP) is 4.91. The molecule has 1 N–H and O–H groups in total. The first kappa shape index (κ1) is 17.7. The third-order valence-electron chi connectivity index (χ3n) is 4.63. The number of benzene rings is 2. The molecule has 0 spiro atoms. The maximum atomic E-state index is 12.6. The third kappa shape index (κ3) is 4.19. The minimum Gasteiger partial charge on any atom is -0.339 e. The molecule has 0 bridgehead atoms. The average Bonchev–Trinajstić information content (AvgIpc) is 3.21. The van der Waals surface area contributed by atoms with Gasteiger partial charge < -0.3 is 14.7 Å². The van der Waals surface area contributed by atoms with Crippen molar-refractivity contribution in [3.05, 3.63) is 65.0 Å². The lowest BCUT2D eigenvalue weighted by Crippen LogP contribution is -2.41. The van der Waals surface area contributed by atoms with Gasteiger partial charge in [0, 0.05) is 28.8 Å². The van der Waals surface area contributed by atoms with E-state index in [1.165, 1.54) is 0 Å². The number of rotatable bonds is 3. The van der Waals surface area contributed by atoms with Crippen LogP contribution in [0.25, 0.3) is 11.4 Å². The second-order valence-corrected chi connectivity index (χ2v) is 7.46. The lowest BCUT2D eigenvalue weighted by molar-refractivity contribution is 0.184. The van der Waals surface area contributed by atoms with Crippen LogP contribution < -0.4 is 5.32 Å². The van der Waals surface area contributed by atoms with Gasteiger partial charge in [-0.05, 0) is 37.1 Å². The van der Waals surface area contributed by atoms with Gasteiger partial charge in [0.1, 0.15) is 0 Å². The minimum atomic E-state index is -0.107. The van der Waals surface area contributed by atoms with Crippen molar-refractivity contribution in [2.75, 3.05) is 18.4 Å². The zero-order valence-corrected chi connectivity index (χ0v) is 16.2. The number of halogens is 1. The van der Waals surface area contributed by atoms with E-state index in [4.69, 9.17) is 4.52 Å². The van der Waals surface area contributed by atoms with Crippen molar-refractivity contribution in [2.45, 2.75) is 18.8 Å². The van der Waals surface area contributed by atoms with E-state index in [-0.39, 0.29) is 11.9 Å². The number of nitrogens with one attached hydrogen (secondary N) is 1. The summed E-state index contributed by atoms with van der Waals surface area (Å²) in [6.07, 6.45) is 1.83. The van der Waals surface area contributed by atoms with Crippen LogP contribution >= 0.6 is 15.9 Å². The van der Waals surface area contributed by atoms with Crippen LogP contribution in [0.4, 0.5) is 10.5 Å². The number of anilines is 1. The van der Waals surface area contributed by atoms with Gasteiger partial charge in [-0.25, -0.2) is 4.79 Å². The number of piperidine rings is 1. The Balaban J connectivity index is 1.43. The Hall–Kier alpha value is -2.67. The number of likely N-dealkylation sites (tertiary alicyclic amines) is 1. The second-order valence-electron chi connectivity index (χ2n) is 6.54. The molecule has 1 aliphatic rings. The molecule has 2 heterocycles. The molecule has 1 aromatic heterocycles. The van der Waals surface area contributed by atoms with E-state index in [1.807, 2.05) is 59.5 Å². The molecule has 1 fully saturated rings. The van der Waals surface area contributed by atoms with Crippen LogP contribution in [-0.2, 0) is 0 Å². The van der Waals surface area contributed by atoms with Crippen molar-refractivity contribution >= 4 is 27.6 Å². The van der Waals surface area contributed by atoms with Crippen LogP contribution in [-0.4, -0.2) is 34.2 Å². The highest BCUT2D eigenvalue weighted by Gasteiger charge is 2.28. The van der Waals surface area contributed by atoms with E-state index >= 15 is 0 Å². The lowest BCUT2D eigenvalue weighted by atomic mass is 9.98. The monoisotopic (exact) mass is 426 g/mol. The molecule has 138 valence electrons. The number of amides is 2. The quantitative estimate of drug-likeness (QED) is 0.645. The van der Waals surface area contributed by atoms with Crippen molar-refractivity contribution in [3.8, 4) is 11.4 Å². The number of urea groups is 1. The fourth-order valence-electron chi connectivity index (χ4n) is 3.20. The first-order valence-corrected chi connectivity index (χ1v) is 9.69. The average molecular weight is 427 g/mol. The highest BCUT2D eigenvalue weighted by molar-refractivity contribution is 9.10. The summed E-state index contributed by atoms with van der Waals surface area (Å²) in [5.74, 6) is 1.23. The fraction of sp³-hybridized carbons (Fsp3) is 0.250. The molecular formula is C20H19BrN4O2. The van der Waals surface area contributed by atoms with E-state index in [2.05, 4.69) is 31.4 Å². The molecule has 1 atom stereocenters. The van der Waals surface area contributed by atoms with Crippen molar-refractivity contribution in [2.24, 2.45) is 0 Å². The van der Waals surface area contributed by atoms with Crippen LogP contribution in [0.5, 0.6) is 0 Å². The molecule has 1 unspecified atom stereocenters. The number of carbonyl (C=O) groups is 1. The lowest BCUT2D eigenvalue weighted by Gasteiger charge is -2.31. The van der Waals surface area contributed by atoms with Crippen molar-refractivity contribution in [3.63, 3.8) is 0 Å². The molecule has 0 saturated carbocycles. The number of carbonyl (C=O) groups excluding carboxylic acids is 1. The summed E-state index contributed by atoms with van der Waals surface area (Å²) in [6.45, 7) is 1.29. The molecular weight excluding hydrogens is 408 g/mol. The van der Waals surface area contributed by atoms with E-state index in [0.717, 1.165) is 35.1 Å². The van der Waals surface area contributed by atoms with Crippen LogP contribution in [0.3, 0.4) is 0 Å². The Morgan fingerprint density at radius 1 is 1.15 bits per heavy atom. The molecule has 1 aliphatic heterocycles. The van der Waals surface area contributed by atoms with Crippen molar-refractivity contribution < 1.29 is 9.32 Å². The van der Waals surface area contributed by atoms with Gasteiger partial charge in [-0.2, -0.15) is 4.98 Å². The Morgan fingerprint density at radius 2 is 1.93 bits per heavy atom. The molecule has 4 rings (SSSR count). The van der Waals surface area contributed by atoms with Crippen LogP contribution in [0.1, 0.15) is 24.7 Å². The standard InChI is InChI=1S/C20H19BrN4O2/c21-16-8-10-17(11-9-16)22-20(26)25-12-4-7-15(13-25)19-23-18(24-27-19)14-5-2-1-3-6-14/h1-3,5-6,8-11,15H,4,7,12-13H2,(H,22,26). The first-order valence-electron chi connectivity index (χ1n) is 8.89. The normalized spacial score (nSPS) is 16.9. The number of nitrogens with zero attached hydrogens (tertiary/aromatic N) is 3. The summed E-state index contributed by atoms with van der Waals surface area (Å²) < 4.78 is 6.47. The predicted molar refractivity (Wildman–Crippen MR) is 106 cm³/mol. The number of aromatic nitrogens is 2. The van der Waals surface area contributed by atoms with Crippen LogP contribution in [0, 0.1) is 0 Å². The van der Waals surface area contributed by atoms with Gasteiger partial charge in [-0.3, -0.25) is 0 Å². The summed E-state index contributed by atoms with van der Waals surface area (Å²) >= 11 is 3.39. The Morgan fingerprint density at radius 3 is 2.70 bits per heavy atom. The number of hydrogen-bond donors (Lipinski definition) is 1. The van der Waals surface area contributed by atoms with E-state index in [1.54, 1.807) is 0 Å². The Kier molecular flexibility index (Phi) is 5.20. The topological polar surface area (TPSA) is 71.3 Å². The van der Waals surface area contributed by atoms with Gasteiger partial charge in [-0.15, -0.1) is 0 Å². The van der Waals surface area contributed by atoms with Gasteiger partial charge in [0.2, 0.25) is 11.7 Å². The molecule has 2 aromatic carbocycles. The van der Waals surface area contributed by atoms with Crippen LogP contribution in [0.15, 0.2) is 63.6 Å². The third-order valence-corrected chi connectivity index (χ3v) is 5.16. The van der Waals surface area contributed by atoms with Crippen molar-refractivity contribution in [1.29, 1.82) is 0 Å². The van der Waals surface area contributed by atoms with E-state index in [9.17, 15) is 4.79 Å². The highest BCUT2D eigenvalue weighted by Crippen LogP contribution is 2.28. The van der Waals surface area contributed by atoms with Gasteiger partial charge in [0.25, 0.3) is 0 Å². The smallest absolute Gasteiger partial charge is 0.321 e. The molecule has 0 aliphatic carbocycles. The molecule has 0 radical (unpaired) electrons. The summed E-state index contributed by atoms with van der Waals surface area (Å²) in [6, 6.07) is 17.2. The van der Waals surface area contributed by atoms with Gasteiger partial charge >= 0.3 is 6.03 Å². The zero-order valence-electron chi connectivity index (χ0n) is 14.6. The number of hydrogen-bond acceptors (Lipinski definition) is 4. The fourth-order valence-corrected chi connectivity index (χ4v) is 3.47. The molecule has 1 saturated heterocycles. The summed E-state index contributed by atoms with van der Waals surface area (Å²) in [5.41, 5.74) is 1.70. The summed E-state index contributed by atoms with van der Waals surface area (Å²) in [5, 5.41) is 7.04. The highest BCUT2D eigenvalue weighted by atomic mass is 79.9. The Bertz CT molecular complexity index is 911. The second kappa shape index (κ2) is 7.92. The van der Waals surface area contributed by atoms with Gasteiger partial charge in [0.15, 0.2) is 0 Å². The van der Waals surface area contributed by atoms with E-state index < -0.39 is 0 Å². The molecule has 7 heteroatoms. The Labute approximate surface area is 165 Å². The first-order chi connectivity index (χ1) is 13.2. The van der Waals surface area contributed by atoms with Crippen LogP contribution in [0.2, 0.25) is 0 Å². The van der Waals surface area contributed by atoms with Gasteiger partial charge in [0.05, 0.1) is 5.92 Å². The SMILES string of the molecule is O=C(Nc1ccc(Br)cc1)N1CCCC(c2nc(-c3ccccc3)no2)C1. The summed E-state index contributed by atoms with van der Waals surface area (Å²) in [7, 11) is 0. The largest absolute Gasteiger partial charge is 0.339 e. The summed E-state index contributed by atoms with van der Waals surface area (Å²) in [4.78, 5) is 19.0. The maximum Gasteiger partial charge on any atom is 0.321 e. The molecule has 27 heavy (non-hydrogen) atoms. The zero-order chi connectivity index (χ0) is 18.6.